The van der Waals surface area contributed by atoms with E-state index in [-0.39, 0.29) is 23.9 Å². The van der Waals surface area contributed by atoms with E-state index in [1.165, 1.54) is 24.3 Å². The SMILES string of the molecule is CCOCCCNC(=O)CN(CC)S(=O)(=O)c1ccc(Cl)cc1. The minimum Gasteiger partial charge on any atom is -0.382 e. The van der Waals surface area contributed by atoms with E-state index >= 15 is 0 Å². The normalized spacial score (nSPS) is 11.7. The second kappa shape index (κ2) is 9.87. The molecule has 0 saturated carbocycles. The van der Waals surface area contributed by atoms with Crippen molar-refractivity contribution in [2.75, 3.05) is 32.8 Å². The minimum absolute atomic E-state index is 0.118. The molecule has 0 aliphatic carbocycles. The maximum atomic E-state index is 12.5. The minimum atomic E-state index is -3.71. The van der Waals surface area contributed by atoms with Crippen LogP contribution in [0.4, 0.5) is 0 Å². The number of rotatable bonds is 10. The average Bonchev–Trinajstić information content (AvgIpc) is 2.52. The number of nitrogens with zero attached hydrogens (tertiary/aromatic N) is 1. The number of halogens is 1. The third-order valence-electron chi connectivity index (χ3n) is 3.12. The molecular formula is C15H23ClN2O4S. The van der Waals surface area contributed by atoms with E-state index < -0.39 is 10.0 Å². The quantitative estimate of drug-likeness (QED) is 0.645. The van der Waals surface area contributed by atoms with E-state index in [1.807, 2.05) is 6.92 Å². The van der Waals surface area contributed by atoms with Crippen LogP contribution in [0.2, 0.25) is 5.02 Å². The number of carbonyl (C=O) groups is 1. The number of carbonyl (C=O) groups excluding carboxylic acids is 1. The molecule has 0 bridgehead atoms. The van der Waals surface area contributed by atoms with Crippen LogP contribution in [-0.2, 0) is 19.6 Å². The van der Waals surface area contributed by atoms with Crippen LogP contribution in [0.3, 0.4) is 0 Å². The second-order valence-electron chi connectivity index (χ2n) is 4.79. The Hall–Kier alpha value is -1.15. The molecule has 6 nitrogen and oxygen atoms in total. The Morgan fingerprint density at radius 2 is 1.91 bits per heavy atom. The van der Waals surface area contributed by atoms with Gasteiger partial charge in [-0.05, 0) is 37.6 Å². The second-order valence-corrected chi connectivity index (χ2v) is 7.16. The molecule has 23 heavy (non-hydrogen) atoms. The van der Waals surface area contributed by atoms with Gasteiger partial charge in [-0.15, -0.1) is 0 Å². The van der Waals surface area contributed by atoms with Gasteiger partial charge in [-0.2, -0.15) is 4.31 Å². The molecule has 0 aliphatic heterocycles. The van der Waals surface area contributed by atoms with Crippen molar-refractivity contribution in [3.63, 3.8) is 0 Å². The summed E-state index contributed by atoms with van der Waals surface area (Å²) in [4.78, 5) is 12.0. The fraction of sp³-hybridized carbons (Fsp3) is 0.533. The zero-order chi connectivity index (χ0) is 17.3. The Bertz CT molecular complexity index is 590. The number of hydrogen-bond acceptors (Lipinski definition) is 4. The molecular weight excluding hydrogens is 340 g/mol. The summed E-state index contributed by atoms with van der Waals surface area (Å²) >= 11 is 5.77. The summed E-state index contributed by atoms with van der Waals surface area (Å²) in [7, 11) is -3.71. The highest BCUT2D eigenvalue weighted by atomic mass is 35.5. The summed E-state index contributed by atoms with van der Waals surface area (Å²) in [6.45, 7) is 5.24. The molecule has 1 rings (SSSR count). The third-order valence-corrected chi connectivity index (χ3v) is 5.30. The van der Waals surface area contributed by atoms with Gasteiger partial charge in [0.15, 0.2) is 0 Å². The maximum Gasteiger partial charge on any atom is 0.243 e. The molecule has 0 spiro atoms. The van der Waals surface area contributed by atoms with E-state index in [0.29, 0.717) is 31.2 Å². The molecule has 0 aliphatic rings. The van der Waals surface area contributed by atoms with Crippen molar-refractivity contribution < 1.29 is 17.9 Å². The van der Waals surface area contributed by atoms with Crippen molar-refractivity contribution >= 4 is 27.5 Å². The molecule has 8 heteroatoms. The van der Waals surface area contributed by atoms with Crippen molar-refractivity contribution in [3.8, 4) is 0 Å². The smallest absolute Gasteiger partial charge is 0.243 e. The van der Waals surface area contributed by atoms with Crippen LogP contribution in [0.5, 0.6) is 0 Å². The highest BCUT2D eigenvalue weighted by Crippen LogP contribution is 2.18. The molecule has 130 valence electrons. The number of benzene rings is 1. The first kappa shape index (κ1) is 19.9. The fourth-order valence-corrected chi connectivity index (χ4v) is 3.42. The molecule has 1 aromatic rings. The number of hydrogen-bond donors (Lipinski definition) is 1. The van der Waals surface area contributed by atoms with Gasteiger partial charge < -0.3 is 10.1 Å². The van der Waals surface area contributed by atoms with Crippen LogP contribution in [0.1, 0.15) is 20.3 Å². The summed E-state index contributed by atoms with van der Waals surface area (Å²) < 4.78 is 31.3. The van der Waals surface area contributed by atoms with E-state index in [2.05, 4.69) is 5.32 Å². The number of ether oxygens (including phenoxy) is 1. The highest BCUT2D eigenvalue weighted by molar-refractivity contribution is 7.89. The molecule has 1 amide bonds. The van der Waals surface area contributed by atoms with Crippen molar-refractivity contribution in [2.24, 2.45) is 0 Å². The van der Waals surface area contributed by atoms with Gasteiger partial charge in [0, 0.05) is 31.3 Å². The summed E-state index contributed by atoms with van der Waals surface area (Å²) in [6, 6.07) is 5.88. The predicted molar refractivity (Wildman–Crippen MR) is 90.0 cm³/mol. The van der Waals surface area contributed by atoms with Crippen LogP contribution in [0.15, 0.2) is 29.2 Å². The average molecular weight is 363 g/mol. The number of amides is 1. The monoisotopic (exact) mass is 362 g/mol. The van der Waals surface area contributed by atoms with Gasteiger partial charge in [-0.25, -0.2) is 8.42 Å². The van der Waals surface area contributed by atoms with E-state index in [4.69, 9.17) is 16.3 Å². The van der Waals surface area contributed by atoms with Crippen molar-refractivity contribution in [1.82, 2.24) is 9.62 Å². The van der Waals surface area contributed by atoms with E-state index in [9.17, 15) is 13.2 Å². The maximum absolute atomic E-state index is 12.5. The lowest BCUT2D eigenvalue weighted by Crippen LogP contribution is -2.40. The summed E-state index contributed by atoms with van der Waals surface area (Å²) in [6.07, 6.45) is 0.690. The first-order valence-corrected chi connectivity index (χ1v) is 9.33. The van der Waals surface area contributed by atoms with Gasteiger partial charge >= 0.3 is 0 Å². The fourth-order valence-electron chi connectivity index (χ4n) is 1.88. The highest BCUT2D eigenvalue weighted by Gasteiger charge is 2.24. The van der Waals surface area contributed by atoms with Crippen LogP contribution >= 0.6 is 11.6 Å². The van der Waals surface area contributed by atoms with Gasteiger partial charge in [0.05, 0.1) is 11.4 Å². The van der Waals surface area contributed by atoms with Gasteiger partial charge in [0.2, 0.25) is 15.9 Å². The molecule has 0 saturated heterocycles. The molecule has 0 aromatic heterocycles. The summed E-state index contributed by atoms with van der Waals surface area (Å²) in [5, 5.41) is 3.15. The van der Waals surface area contributed by atoms with Gasteiger partial charge in [0.25, 0.3) is 0 Å². The molecule has 0 unspecified atom stereocenters. The molecule has 0 radical (unpaired) electrons. The Morgan fingerprint density at radius 3 is 2.48 bits per heavy atom. The summed E-state index contributed by atoms with van der Waals surface area (Å²) in [5.41, 5.74) is 0. The molecule has 1 N–H and O–H groups in total. The first-order chi connectivity index (χ1) is 10.9. The Morgan fingerprint density at radius 1 is 1.26 bits per heavy atom. The number of nitrogens with one attached hydrogen (secondary N) is 1. The zero-order valence-corrected chi connectivity index (χ0v) is 15.0. The van der Waals surface area contributed by atoms with E-state index in [0.717, 1.165) is 4.31 Å². The lowest BCUT2D eigenvalue weighted by molar-refractivity contribution is -0.121. The first-order valence-electron chi connectivity index (χ1n) is 7.52. The Kier molecular flexibility index (Phi) is 8.54. The molecule has 0 heterocycles. The predicted octanol–water partition coefficient (Wildman–Crippen LogP) is 1.89. The number of sulfonamides is 1. The van der Waals surface area contributed by atoms with Crippen molar-refractivity contribution in [3.05, 3.63) is 29.3 Å². The van der Waals surface area contributed by atoms with Crippen LogP contribution in [0.25, 0.3) is 0 Å². The van der Waals surface area contributed by atoms with Crippen LogP contribution in [0, 0.1) is 0 Å². The Balaban J connectivity index is 2.61. The largest absolute Gasteiger partial charge is 0.382 e. The topological polar surface area (TPSA) is 75.7 Å². The van der Waals surface area contributed by atoms with Crippen molar-refractivity contribution in [2.45, 2.75) is 25.2 Å². The standard InChI is InChI=1S/C15H23ClN2O4S/c1-3-18(12-15(19)17-10-5-11-22-4-2)23(20,21)14-8-6-13(16)7-9-14/h6-9H,3-5,10-12H2,1-2H3,(H,17,19). The Labute approximate surface area is 142 Å². The lowest BCUT2D eigenvalue weighted by Gasteiger charge is -2.20. The van der Waals surface area contributed by atoms with Crippen LogP contribution < -0.4 is 5.32 Å². The lowest BCUT2D eigenvalue weighted by atomic mass is 10.4. The van der Waals surface area contributed by atoms with Crippen LogP contribution in [-0.4, -0.2) is 51.5 Å². The van der Waals surface area contributed by atoms with Gasteiger partial charge in [0.1, 0.15) is 0 Å². The van der Waals surface area contributed by atoms with E-state index in [1.54, 1.807) is 6.92 Å². The molecule has 0 fully saturated rings. The third kappa shape index (κ3) is 6.47. The van der Waals surface area contributed by atoms with Gasteiger partial charge in [-0.3, -0.25) is 4.79 Å². The molecule has 0 atom stereocenters. The summed E-state index contributed by atoms with van der Waals surface area (Å²) in [5.74, 6) is -0.333. The van der Waals surface area contributed by atoms with Gasteiger partial charge in [-0.1, -0.05) is 18.5 Å². The zero-order valence-electron chi connectivity index (χ0n) is 13.4. The van der Waals surface area contributed by atoms with Crippen molar-refractivity contribution in [1.29, 1.82) is 0 Å². The molecule has 1 aromatic carbocycles. The number of likely N-dealkylation sites (N-methyl/N-ethyl adjacent to an activating group) is 1.